The fraction of sp³-hybridized carbons (Fsp3) is 0.692. The van der Waals surface area contributed by atoms with Crippen LogP contribution < -0.4 is 10.0 Å². The summed E-state index contributed by atoms with van der Waals surface area (Å²) in [5.41, 5.74) is 0. The number of rotatable bonds is 10. The summed E-state index contributed by atoms with van der Waals surface area (Å²) in [7, 11) is -1.98. The number of furan rings is 1. The molecule has 0 aromatic carbocycles. The van der Waals surface area contributed by atoms with Crippen molar-refractivity contribution in [3.05, 3.63) is 17.9 Å². The van der Waals surface area contributed by atoms with Crippen molar-refractivity contribution in [1.82, 2.24) is 10.0 Å². The Morgan fingerprint density at radius 1 is 1.35 bits per heavy atom. The Balaban J connectivity index is 2.48. The average molecular weight is 304 g/mol. The lowest BCUT2D eigenvalue weighted by atomic mass is 10.2. The van der Waals surface area contributed by atoms with Crippen LogP contribution in [0.5, 0.6) is 0 Å². The second kappa shape index (κ2) is 8.41. The molecule has 0 fully saturated rings. The van der Waals surface area contributed by atoms with Crippen LogP contribution in [0, 0.1) is 5.92 Å². The molecule has 0 amide bonds. The maximum absolute atomic E-state index is 11.9. The van der Waals surface area contributed by atoms with Gasteiger partial charge >= 0.3 is 0 Å². The number of sulfonamides is 1. The number of methoxy groups -OCH3 is 1. The Hall–Kier alpha value is -0.890. The highest BCUT2D eigenvalue weighted by atomic mass is 32.2. The third-order valence-electron chi connectivity index (χ3n) is 2.57. The van der Waals surface area contributed by atoms with Crippen molar-refractivity contribution in [2.45, 2.75) is 31.9 Å². The highest BCUT2D eigenvalue weighted by Crippen LogP contribution is 2.13. The van der Waals surface area contributed by atoms with Gasteiger partial charge in [-0.25, -0.2) is 13.1 Å². The second-order valence-electron chi connectivity index (χ2n) is 4.99. The maximum atomic E-state index is 11.9. The molecule has 1 rings (SSSR count). The van der Waals surface area contributed by atoms with E-state index in [4.69, 9.17) is 9.15 Å². The molecular weight excluding hydrogens is 280 g/mol. The van der Waals surface area contributed by atoms with E-state index in [-0.39, 0.29) is 5.09 Å². The molecule has 2 N–H and O–H groups in total. The van der Waals surface area contributed by atoms with E-state index in [0.717, 1.165) is 6.54 Å². The van der Waals surface area contributed by atoms with E-state index in [1.54, 1.807) is 13.2 Å². The van der Waals surface area contributed by atoms with E-state index in [2.05, 4.69) is 23.9 Å². The molecule has 0 spiro atoms. The molecule has 0 unspecified atom stereocenters. The Morgan fingerprint density at radius 2 is 2.10 bits per heavy atom. The average Bonchev–Trinajstić information content (AvgIpc) is 2.84. The van der Waals surface area contributed by atoms with Gasteiger partial charge in [-0.15, -0.1) is 0 Å². The van der Waals surface area contributed by atoms with E-state index in [0.29, 0.717) is 37.8 Å². The van der Waals surface area contributed by atoms with Gasteiger partial charge in [0.05, 0.1) is 6.54 Å². The zero-order valence-electron chi connectivity index (χ0n) is 12.3. The molecule has 0 aliphatic carbocycles. The summed E-state index contributed by atoms with van der Waals surface area (Å²) in [5, 5.41) is 3.16. The fourth-order valence-electron chi connectivity index (χ4n) is 1.58. The summed E-state index contributed by atoms with van der Waals surface area (Å²) in [4.78, 5) is 0. The van der Waals surface area contributed by atoms with E-state index in [1.165, 1.54) is 6.07 Å². The van der Waals surface area contributed by atoms with Crippen molar-refractivity contribution in [3.8, 4) is 0 Å². The molecule has 0 aliphatic heterocycles. The minimum atomic E-state index is -3.56. The molecule has 0 atom stereocenters. The van der Waals surface area contributed by atoms with Crippen LogP contribution in [-0.4, -0.2) is 35.2 Å². The monoisotopic (exact) mass is 304 g/mol. The van der Waals surface area contributed by atoms with E-state index < -0.39 is 10.0 Å². The molecule has 0 radical (unpaired) electrons. The molecule has 0 bridgehead atoms. The minimum Gasteiger partial charge on any atom is -0.447 e. The first-order valence-electron chi connectivity index (χ1n) is 6.73. The van der Waals surface area contributed by atoms with Crippen LogP contribution in [0.3, 0.4) is 0 Å². The van der Waals surface area contributed by atoms with Crippen molar-refractivity contribution in [2.75, 3.05) is 26.8 Å². The Kier molecular flexibility index (Phi) is 7.22. The van der Waals surface area contributed by atoms with Crippen molar-refractivity contribution in [1.29, 1.82) is 0 Å². The molecule has 6 nitrogen and oxygen atoms in total. The molecule has 116 valence electrons. The van der Waals surface area contributed by atoms with Crippen molar-refractivity contribution < 1.29 is 17.6 Å². The molecule has 0 saturated carbocycles. The molecule has 7 heteroatoms. The quantitative estimate of drug-likeness (QED) is 0.638. The summed E-state index contributed by atoms with van der Waals surface area (Å²) in [5.74, 6) is 1.15. The topological polar surface area (TPSA) is 80.6 Å². The molecule has 0 aliphatic rings. The molecule has 20 heavy (non-hydrogen) atoms. The van der Waals surface area contributed by atoms with Crippen LogP contribution >= 0.6 is 0 Å². The number of ether oxygens (including phenoxy) is 1. The first-order chi connectivity index (χ1) is 9.45. The van der Waals surface area contributed by atoms with Gasteiger partial charge < -0.3 is 14.5 Å². The zero-order chi connectivity index (χ0) is 15.0. The normalized spacial score (nSPS) is 12.2. The van der Waals surface area contributed by atoms with Crippen LogP contribution in [0.4, 0.5) is 0 Å². The highest BCUT2D eigenvalue weighted by molar-refractivity contribution is 7.89. The smallest absolute Gasteiger partial charge is 0.273 e. The first-order valence-corrected chi connectivity index (χ1v) is 8.22. The third-order valence-corrected chi connectivity index (χ3v) is 3.90. The van der Waals surface area contributed by atoms with Gasteiger partial charge in [0.25, 0.3) is 10.0 Å². The molecular formula is C13H24N2O4S. The summed E-state index contributed by atoms with van der Waals surface area (Å²) >= 11 is 0. The van der Waals surface area contributed by atoms with Gasteiger partial charge in [-0.3, -0.25) is 0 Å². The lowest BCUT2D eigenvalue weighted by Crippen LogP contribution is -2.25. The molecule has 1 heterocycles. The van der Waals surface area contributed by atoms with Gasteiger partial charge in [-0.2, -0.15) is 0 Å². The van der Waals surface area contributed by atoms with Crippen molar-refractivity contribution in [3.63, 3.8) is 0 Å². The van der Waals surface area contributed by atoms with Gasteiger partial charge in [-0.1, -0.05) is 13.8 Å². The third kappa shape index (κ3) is 6.04. The fourth-order valence-corrected chi connectivity index (χ4v) is 2.60. The van der Waals surface area contributed by atoms with E-state index in [9.17, 15) is 8.42 Å². The second-order valence-corrected chi connectivity index (χ2v) is 6.69. The summed E-state index contributed by atoms with van der Waals surface area (Å²) < 4.78 is 36.5. The Bertz CT molecular complexity index is 482. The lowest BCUT2D eigenvalue weighted by Gasteiger charge is -2.05. The van der Waals surface area contributed by atoms with Crippen molar-refractivity contribution >= 4 is 10.0 Å². The van der Waals surface area contributed by atoms with Crippen molar-refractivity contribution in [2.24, 2.45) is 5.92 Å². The standard InChI is InChI=1S/C13H24N2O4S/c1-11(2)9-14-10-12-5-6-13(19-12)20(16,17)15-7-4-8-18-3/h5-6,11,14-15H,4,7-10H2,1-3H3. The number of hydrogen-bond donors (Lipinski definition) is 2. The van der Waals surface area contributed by atoms with Crippen LogP contribution in [0.25, 0.3) is 0 Å². The van der Waals surface area contributed by atoms with Gasteiger partial charge in [-0.05, 0) is 31.0 Å². The van der Waals surface area contributed by atoms with Gasteiger partial charge in [0.1, 0.15) is 5.76 Å². The van der Waals surface area contributed by atoms with E-state index >= 15 is 0 Å². The Labute approximate surface area is 120 Å². The van der Waals surface area contributed by atoms with Crippen LogP contribution in [0.2, 0.25) is 0 Å². The van der Waals surface area contributed by atoms with Crippen LogP contribution in [0.1, 0.15) is 26.0 Å². The largest absolute Gasteiger partial charge is 0.447 e. The van der Waals surface area contributed by atoms with Gasteiger partial charge in [0, 0.05) is 20.3 Å². The van der Waals surface area contributed by atoms with Gasteiger partial charge in [0.2, 0.25) is 5.09 Å². The Morgan fingerprint density at radius 3 is 2.75 bits per heavy atom. The van der Waals surface area contributed by atoms with Crippen LogP contribution in [0.15, 0.2) is 21.6 Å². The first kappa shape index (κ1) is 17.2. The number of hydrogen-bond acceptors (Lipinski definition) is 5. The van der Waals surface area contributed by atoms with Gasteiger partial charge in [0.15, 0.2) is 0 Å². The minimum absolute atomic E-state index is 0.0451. The highest BCUT2D eigenvalue weighted by Gasteiger charge is 2.17. The predicted octanol–water partition coefficient (Wildman–Crippen LogP) is 1.34. The lowest BCUT2D eigenvalue weighted by molar-refractivity contribution is 0.196. The summed E-state index contributed by atoms with van der Waals surface area (Å²) in [6.07, 6.45) is 0.624. The molecule has 1 aromatic heterocycles. The van der Waals surface area contributed by atoms with E-state index in [1.807, 2.05) is 0 Å². The number of nitrogens with one attached hydrogen (secondary N) is 2. The molecule has 1 aromatic rings. The maximum Gasteiger partial charge on any atom is 0.273 e. The summed E-state index contributed by atoms with van der Waals surface area (Å²) in [6.45, 7) is 6.45. The zero-order valence-corrected chi connectivity index (χ0v) is 13.1. The summed E-state index contributed by atoms with van der Waals surface area (Å²) in [6, 6.07) is 3.15. The predicted molar refractivity (Wildman–Crippen MR) is 76.9 cm³/mol. The molecule has 0 saturated heterocycles. The SMILES string of the molecule is COCCCNS(=O)(=O)c1ccc(CNCC(C)C)o1. The van der Waals surface area contributed by atoms with Crippen LogP contribution in [-0.2, 0) is 21.3 Å².